The summed E-state index contributed by atoms with van der Waals surface area (Å²) in [5, 5.41) is 7.73. The van der Waals surface area contributed by atoms with Crippen LogP contribution in [0.3, 0.4) is 0 Å². The summed E-state index contributed by atoms with van der Waals surface area (Å²) in [6, 6.07) is 4.97. The molecule has 0 spiro atoms. The van der Waals surface area contributed by atoms with E-state index >= 15 is 0 Å². The molecule has 1 heterocycles. The van der Waals surface area contributed by atoms with Gasteiger partial charge in [-0.3, -0.25) is 4.68 Å². The zero-order valence-corrected chi connectivity index (χ0v) is 15.4. The molecule has 0 saturated carbocycles. The SMILES string of the molecule is CCn1ncc(C(C)NCc2ccc(OCC(F)(F)F)c(OC)c2)c1C. The monoisotopic (exact) mass is 371 g/mol. The van der Waals surface area contributed by atoms with Gasteiger partial charge in [-0.25, -0.2) is 0 Å². The second-order valence-electron chi connectivity index (χ2n) is 5.99. The maximum absolute atomic E-state index is 12.3. The number of hydrogen-bond donors (Lipinski definition) is 1. The van der Waals surface area contributed by atoms with Gasteiger partial charge in [0.25, 0.3) is 0 Å². The van der Waals surface area contributed by atoms with Gasteiger partial charge in [0.15, 0.2) is 18.1 Å². The fourth-order valence-corrected chi connectivity index (χ4v) is 2.69. The summed E-state index contributed by atoms with van der Waals surface area (Å²) in [5.74, 6) is 0.345. The Labute approximate surface area is 151 Å². The quantitative estimate of drug-likeness (QED) is 0.762. The predicted molar refractivity (Wildman–Crippen MR) is 92.4 cm³/mol. The normalized spacial score (nSPS) is 12.9. The molecule has 0 aliphatic rings. The summed E-state index contributed by atoms with van der Waals surface area (Å²) in [5.41, 5.74) is 3.11. The van der Waals surface area contributed by atoms with Crippen LogP contribution in [0, 0.1) is 6.92 Å². The number of alkyl halides is 3. The lowest BCUT2D eigenvalue weighted by molar-refractivity contribution is -0.153. The second kappa shape index (κ2) is 8.44. The maximum Gasteiger partial charge on any atom is 0.422 e. The minimum Gasteiger partial charge on any atom is -0.493 e. The minimum absolute atomic E-state index is 0.0710. The van der Waals surface area contributed by atoms with Crippen LogP contribution in [0.4, 0.5) is 13.2 Å². The van der Waals surface area contributed by atoms with E-state index < -0.39 is 12.8 Å². The van der Waals surface area contributed by atoms with Crippen molar-refractivity contribution < 1.29 is 22.6 Å². The van der Waals surface area contributed by atoms with Crippen LogP contribution < -0.4 is 14.8 Å². The molecule has 144 valence electrons. The number of hydrogen-bond acceptors (Lipinski definition) is 4. The van der Waals surface area contributed by atoms with E-state index in [1.807, 2.05) is 31.6 Å². The van der Waals surface area contributed by atoms with E-state index in [4.69, 9.17) is 9.47 Å². The van der Waals surface area contributed by atoms with E-state index in [1.165, 1.54) is 13.2 Å². The molecule has 0 radical (unpaired) electrons. The number of rotatable bonds is 8. The molecule has 1 aromatic heterocycles. The van der Waals surface area contributed by atoms with Crippen molar-refractivity contribution in [2.45, 2.75) is 46.1 Å². The third-order valence-electron chi connectivity index (χ3n) is 4.14. The predicted octanol–water partition coefficient (Wildman–Crippen LogP) is 4.01. The molecule has 0 saturated heterocycles. The first-order valence-electron chi connectivity index (χ1n) is 8.37. The van der Waals surface area contributed by atoms with Gasteiger partial charge >= 0.3 is 6.18 Å². The van der Waals surface area contributed by atoms with E-state index in [1.54, 1.807) is 12.1 Å². The Morgan fingerprint density at radius 3 is 2.58 bits per heavy atom. The lowest BCUT2D eigenvalue weighted by Crippen LogP contribution is -2.20. The molecule has 26 heavy (non-hydrogen) atoms. The molecule has 0 aliphatic heterocycles. The molecule has 1 aromatic carbocycles. The molecule has 5 nitrogen and oxygen atoms in total. The van der Waals surface area contributed by atoms with Gasteiger partial charge in [-0.1, -0.05) is 6.07 Å². The molecule has 2 rings (SSSR count). The van der Waals surface area contributed by atoms with Crippen LogP contribution in [0.15, 0.2) is 24.4 Å². The first kappa shape index (κ1) is 20.1. The first-order valence-corrected chi connectivity index (χ1v) is 8.37. The van der Waals surface area contributed by atoms with Gasteiger partial charge in [0.05, 0.1) is 13.3 Å². The topological polar surface area (TPSA) is 48.3 Å². The lowest BCUT2D eigenvalue weighted by atomic mass is 10.1. The van der Waals surface area contributed by atoms with Crippen molar-refractivity contribution in [2.75, 3.05) is 13.7 Å². The van der Waals surface area contributed by atoms with Crippen molar-refractivity contribution in [1.29, 1.82) is 0 Å². The summed E-state index contributed by atoms with van der Waals surface area (Å²) in [6.07, 6.45) is -2.54. The Balaban J connectivity index is 2.02. The molecule has 2 aromatic rings. The molecule has 0 bridgehead atoms. The van der Waals surface area contributed by atoms with Gasteiger partial charge in [0.2, 0.25) is 0 Å². The minimum atomic E-state index is -4.39. The van der Waals surface area contributed by atoms with Crippen LogP contribution in [0.2, 0.25) is 0 Å². The number of nitrogens with zero attached hydrogens (tertiary/aromatic N) is 2. The molecular formula is C18H24F3N3O2. The van der Waals surface area contributed by atoms with Crippen LogP contribution in [0.25, 0.3) is 0 Å². The highest BCUT2D eigenvalue weighted by Crippen LogP contribution is 2.30. The number of halogens is 3. The van der Waals surface area contributed by atoms with Gasteiger partial charge in [-0.2, -0.15) is 18.3 Å². The van der Waals surface area contributed by atoms with Crippen LogP contribution >= 0.6 is 0 Å². The number of methoxy groups -OCH3 is 1. The largest absolute Gasteiger partial charge is 0.493 e. The highest BCUT2D eigenvalue weighted by molar-refractivity contribution is 5.43. The Morgan fingerprint density at radius 2 is 2.00 bits per heavy atom. The summed E-state index contributed by atoms with van der Waals surface area (Å²) < 4.78 is 48.8. The van der Waals surface area contributed by atoms with Gasteiger partial charge in [-0.05, 0) is 38.5 Å². The Bertz CT molecular complexity index is 729. The Hall–Kier alpha value is -2.22. The third kappa shape index (κ3) is 5.14. The first-order chi connectivity index (χ1) is 12.2. The molecule has 8 heteroatoms. The molecular weight excluding hydrogens is 347 g/mol. The van der Waals surface area contributed by atoms with Crippen molar-refractivity contribution in [3.8, 4) is 11.5 Å². The van der Waals surface area contributed by atoms with Crippen LogP contribution in [-0.4, -0.2) is 29.7 Å². The number of aryl methyl sites for hydroxylation is 1. The number of ether oxygens (including phenoxy) is 2. The molecule has 1 N–H and O–H groups in total. The van der Waals surface area contributed by atoms with Gasteiger partial charge < -0.3 is 14.8 Å². The summed E-state index contributed by atoms with van der Waals surface area (Å²) >= 11 is 0. The van der Waals surface area contributed by atoms with Gasteiger partial charge in [0.1, 0.15) is 0 Å². The number of benzene rings is 1. The van der Waals surface area contributed by atoms with E-state index in [0.717, 1.165) is 23.4 Å². The van der Waals surface area contributed by atoms with Crippen molar-refractivity contribution >= 4 is 0 Å². The molecule has 0 amide bonds. The maximum atomic E-state index is 12.3. The van der Waals surface area contributed by atoms with Crippen LogP contribution in [0.5, 0.6) is 11.5 Å². The molecule has 1 atom stereocenters. The second-order valence-corrected chi connectivity index (χ2v) is 5.99. The average Bonchev–Trinajstić information content (AvgIpc) is 2.98. The molecule has 0 aliphatic carbocycles. The van der Waals surface area contributed by atoms with E-state index in [2.05, 4.69) is 10.4 Å². The van der Waals surface area contributed by atoms with Crippen molar-refractivity contribution in [2.24, 2.45) is 0 Å². The van der Waals surface area contributed by atoms with Crippen molar-refractivity contribution in [1.82, 2.24) is 15.1 Å². The zero-order valence-electron chi connectivity index (χ0n) is 15.4. The number of aromatic nitrogens is 2. The molecule has 0 fully saturated rings. The smallest absolute Gasteiger partial charge is 0.422 e. The fraction of sp³-hybridized carbons (Fsp3) is 0.500. The zero-order chi connectivity index (χ0) is 19.3. The Kier molecular flexibility index (Phi) is 6.52. The van der Waals surface area contributed by atoms with E-state index in [0.29, 0.717) is 6.54 Å². The standard InChI is InChI=1S/C18H24F3N3O2/c1-5-24-13(3)15(10-23-24)12(2)22-9-14-6-7-16(17(8-14)25-4)26-11-18(19,20)21/h6-8,10,12,22H,5,9,11H2,1-4H3. The highest BCUT2D eigenvalue weighted by Gasteiger charge is 2.29. The number of nitrogens with one attached hydrogen (secondary N) is 1. The van der Waals surface area contributed by atoms with Crippen molar-refractivity contribution in [3.05, 3.63) is 41.2 Å². The van der Waals surface area contributed by atoms with Crippen LogP contribution in [-0.2, 0) is 13.1 Å². The highest BCUT2D eigenvalue weighted by atomic mass is 19.4. The summed E-state index contributed by atoms with van der Waals surface area (Å²) in [7, 11) is 1.40. The lowest BCUT2D eigenvalue weighted by Gasteiger charge is -2.16. The molecule has 1 unspecified atom stereocenters. The van der Waals surface area contributed by atoms with Gasteiger partial charge in [-0.15, -0.1) is 0 Å². The van der Waals surface area contributed by atoms with Crippen LogP contribution in [0.1, 0.15) is 36.7 Å². The van der Waals surface area contributed by atoms with E-state index in [9.17, 15) is 13.2 Å². The fourth-order valence-electron chi connectivity index (χ4n) is 2.69. The Morgan fingerprint density at radius 1 is 1.27 bits per heavy atom. The van der Waals surface area contributed by atoms with Crippen molar-refractivity contribution in [3.63, 3.8) is 0 Å². The van der Waals surface area contributed by atoms with Gasteiger partial charge in [0, 0.05) is 30.4 Å². The third-order valence-corrected chi connectivity index (χ3v) is 4.14. The summed E-state index contributed by atoms with van der Waals surface area (Å²) in [4.78, 5) is 0. The average molecular weight is 371 g/mol. The summed E-state index contributed by atoms with van der Waals surface area (Å²) in [6.45, 7) is 6.11. The van der Waals surface area contributed by atoms with E-state index in [-0.39, 0.29) is 17.5 Å².